The molecule has 0 aliphatic heterocycles. The predicted octanol–water partition coefficient (Wildman–Crippen LogP) is 1.78. The maximum atomic E-state index is 4.07. The molecule has 0 saturated heterocycles. The van der Waals surface area contributed by atoms with Gasteiger partial charge in [-0.1, -0.05) is 11.8 Å². The zero-order chi connectivity index (χ0) is 12.2. The summed E-state index contributed by atoms with van der Waals surface area (Å²) in [5.74, 6) is 0.930. The van der Waals surface area contributed by atoms with Gasteiger partial charge in [0.25, 0.3) is 0 Å². The smallest absolute Gasteiger partial charge is 0.209 e. The van der Waals surface area contributed by atoms with Gasteiger partial charge in [0.05, 0.1) is 6.54 Å². The lowest BCUT2D eigenvalue weighted by atomic mass is 10.4. The highest BCUT2D eigenvalue weighted by atomic mass is 32.2. The fourth-order valence-electron chi connectivity index (χ4n) is 1.62. The molecule has 2 aromatic rings. The van der Waals surface area contributed by atoms with Gasteiger partial charge < -0.3 is 5.32 Å². The van der Waals surface area contributed by atoms with Gasteiger partial charge in [0, 0.05) is 18.3 Å². The number of thioether (sulfide) groups is 1. The fraction of sp³-hybridized carbons (Fsp3) is 0.545. The van der Waals surface area contributed by atoms with E-state index in [0.717, 1.165) is 30.0 Å². The first-order chi connectivity index (χ1) is 8.92. The summed E-state index contributed by atoms with van der Waals surface area (Å²) in [6, 6.07) is 2.88. The van der Waals surface area contributed by atoms with Crippen LogP contribution >= 0.6 is 23.1 Å². The van der Waals surface area contributed by atoms with Crippen molar-refractivity contribution in [2.75, 3.05) is 6.54 Å². The molecule has 0 atom stereocenters. The van der Waals surface area contributed by atoms with Gasteiger partial charge in [-0.05, 0) is 45.7 Å². The molecule has 0 bridgehead atoms. The first-order valence-corrected chi connectivity index (χ1v) is 7.98. The van der Waals surface area contributed by atoms with Gasteiger partial charge in [0.2, 0.25) is 5.16 Å². The second-order valence-corrected chi connectivity index (χ2v) is 6.06. The highest BCUT2D eigenvalue weighted by Crippen LogP contribution is 2.21. The van der Waals surface area contributed by atoms with E-state index in [-0.39, 0.29) is 0 Å². The Labute approximate surface area is 114 Å². The van der Waals surface area contributed by atoms with E-state index in [2.05, 4.69) is 37.7 Å². The maximum absolute atomic E-state index is 4.07. The van der Waals surface area contributed by atoms with Crippen molar-refractivity contribution < 1.29 is 0 Å². The van der Waals surface area contributed by atoms with Gasteiger partial charge in [0.1, 0.15) is 0 Å². The van der Waals surface area contributed by atoms with E-state index in [0.29, 0.717) is 0 Å². The monoisotopic (exact) mass is 281 g/mol. The molecule has 2 aromatic heterocycles. The number of aromatic nitrogens is 4. The summed E-state index contributed by atoms with van der Waals surface area (Å²) in [4.78, 5) is 0. The molecule has 1 aliphatic carbocycles. The van der Waals surface area contributed by atoms with Crippen LogP contribution in [0.25, 0.3) is 0 Å². The van der Waals surface area contributed by atoms with Crippen LogP contribution in [0.3, 0.4) is 0 Å². The lowest BCUT2D eigenvalue weighted by Crippen LogP contribution is -2.22. The molecule has 0 spiro atoms. The van der Waals surface area contributed by atoms with Crippen LogP contribution in [-0.4, -0.2) is 32.8 Å². The molecule has 1 fully saturated rings. The van der Waals surface area contributed by atoms with Gasteiger partial charge >= 0.3 is 0 Å². The second kappa shape index (κ2) is 5.81. The summed E-state index contributed by atoms with van der Waals surface area (Å²) in [5.41, 5.74) is 1.33. The first kappa shape index (κ1) is 12.1. The number of nitrogens with zero attached hydrogens (tertiary/aromatic N) is 4. The minimum Gasteiger partial charge on any atom is -0.312 e. The van der Waals surface area contributed by atoms with Crippen LogP contribution in [0.2, 0.25) is 0 Å². The summed E-state index contributed by atoms with van der Waals surface area (Å²) < 4.78 is 1.88. The first-order valence-electron chi connectivity index (χ1n) is 6.05. The summed E-state index contributed by atoms with van der Waals surface area (Å²) in [6.45, 7) is 1.79. The minimum absolute atomic E-state index is 0.739. The van der Waals surface area contributed by atoms with Crippen molar-refractivity contribution in [3.8, 4) is 0 Å². The second-order valence-electron chi connectivity index (χ2n) is 4.33. The molecule has 2 heterocycles. The van der Waals surface area contributed by atoms with Crippen molar-refractivity contribution in [1.82, 2.24) is 25.5 Å². The molecule has 7 heteroatoms. The van der Waals surface area contributed by atoms with Crippen molar-refractivity contribution in [1.29, 1.82) is 0 Å². The van der Waals surface area contributed by atoms with Crippen LogP contribution in [0.4, 0.5) is 0 Å². The van der Waals surface area contributed by atoms with Crippen molar-refractivity contribution in [3.05, 3.63) is 22.4 Å². The Kier molecular flexibility index (Phi) is 3.92. The van der Waals surface area contributed by atoms with Gasteiger partial charge in [-0.3, -0.25) is 0 Å². The highest BCUT2D eigenvalue weighted by Gasteiger charge is 2.20. The Hall–Kier alpha value is -0.920. The van der Waals surface area contributed by atoms with E-state index in [4.69, 9.17) is 0 Å². The topological polar surface area (TPSA) is 55.6 Å². The summed E-state index contributed by atoms with van der Waals surface area (Å²) in [6.07, 6.45) is 2.63. The third kappa shape index (κ3) is 3.30. The van der Waals surface area contributed by atoms with Gasteiger partial charge in [-0.15, -0.1) is 5.10 Å². The third-order valence-electron chi connectivity index (χ3n) is 2.78. The molecular weight excluding hydrogens is 266 g/mol. The zero-order valence-corrected chi connectivity index (χ0v) is 11.6. The fourth-order valence-corrected chi connectivity index (χ4v) is 3.25. The Morgan fingerprint density at radius 3 is 3.22 bits per heavy atom. The molecule has 1 N–H and O–H groups in total. The Morgan fingerprint density at radius 2 is 2.44 bits per heavy atom. The Bertz CT molecular complexity index is 477. The lowest BCUT2D eigenvalue weighted by Gasteiger charge is -2.04. The molecule has 96 valence electrons. The average Bonchev–Trinajstić information content (AvgIpc) is 2.90. The van der Waals surface area contributed by atoms with Crippen LogP contribution in [0.15, 0.2) is 22.0 Å². The molecule has 0 aromatic carbocycles. The summed E-state index contributed by atoms with van der Waals surface area (Å²) in [5, 5.41) is 20.5. The number of tetrazole rings is 1. The van der Waals surface area contributed by atoms with Crippen molar-refractivity contribution in [3.63, 3.8) is 0 Å². The number of nitrogens with one attached hydrogen (secondary N) is 1. The summed E-state index contributed by atoms with van der Waals surface area (Å²) >= 11 is 3.41. The van der Waals surface area contributed by atoms with Gasteiger partial charge in [-0.25, -0.2) is 4.68 Å². The van der Waals surface area contributed by atoms with Crippen molar-refractivity contribution in [2.45, 2.75) is 36.3 Å². The molecule has 0 radical (unpaired) electrons. The van der Waals surface area contributed by atoms with Crippen LogP contribution in [0.5, 0.6) is 0 Å². The number of rotatable bonds is 7. The minimum atomic E-state index is 0.739. The van der Waals surface area contributed by atoms with E-state index >= 15 is 0 Å². The van der Waals surface area contributed by atoms with E-state index in [1.54, 1.807) is 23.1 Å². The summed E-state index contributed by atoms with van der Waals surface area (Å²) in [7, 11) is 0. The van der Waals surface area contributed by atoms with E-state index < -0.39 is 0 Å². The molecule has 3 rings (SSSR count). The van der Waals surface area contributed by atoms with E-state index in [9.17, 15) is 0 Å². The number of hydrogen-bond donors (Lipinski definition) is 1. The average molecular weight is 281 g/mol. The normalized spacial score (nSPS) is 15.1. The van der Waals surface area contributed by atoms with Crippen LogP contribution in [0.1, 0.15) is 18.4 Å². The quantitative estimate of drug-likeness (QED) is 0.784. The standard InChI is InChI=1S/C11H15N5S2/c1-2-10(1)12-4-5-16-11(13-14-15-16)18-8-9-3-6-17-7-9/h3,6-7,10,12H,1-2,4-5,8H2. The highest BCUT2D eigenvalue weighted by molar-refractivity contribution is 7.98. The molecule has 0 amide bonds. The zero-order valence-electron chi connectivity index (χ0n) is 9.95. The Morgan fingerprint density at radius 1 is 1.50 bits per heavy atom. The lowest BCUT2D eigenvalue weighted by molar-refractivity contribution is 0.509. The van der Waals surface area contributed by atoms with Gasteiger partial charge in [0.15, 0.2) is 0 Å². The van der Waals surface area contributed by atoms with Crippen molar-refractivity contribution >= 4 is 23.1 Å². The molecule has 18 heavy (non-hydrogen) atoms. The van der Waals surface area contributed by atoms with Crippen molar-refractivity contribution in [2.24, 2.45) is 0 Å². The largest absolute Gasteiger partial charge is 0.312 e. The number of thiophene rings is 1. The molecule has 5 nitrogen and oxygen atoms in total. The van der Waals surface area contributed by atoms with Crippen LogP contribution < -0.4 is 5.32 Å². The van der Waals surface area contributed by atoms with Crippen LogP contribution in [-0.2, 0) is 12.3 Å². The molecular formula is C11H15N5S2. The molecule has 0 unspecified atom stereocenters. The van der Waals surface area contributed by atoms with Gasteiger partial charge in [-0.2, -0.15) is 11.3 Å². The molecule has 1 saturated carbocycles. The maximum Gasteiger partial charge on any atom is 0.209 e. The molecule has 1 aliphatic rings. The Balaban J connectivity index is 1.50. The number of hydrogen-bond acceptors (Lipinski definition) is 6. The van der Waals surface area contributed by atoms with E-state index in [1.807, 2.05) is 4.68 Å². The third-order valence-corrected chi connectivity index (χ3v) is 4.54. The van der Waals surface area contributed by atoms with E-state index in [1.165, 1.54) is 18.4 Å². The predicted molar refractivity (Wildman–Crippen MR) is 72.7 cm³/mol. The van der Waals surface area contributed by atoms with Crippen LogP contribution in [0, 0.1) is 0 Å². The SMILES string of the molecule is c1cc(CSc2nnnn2CCNC2CC2)cs1.